The average Bonchev–Trinajstić information content (AvgIpc) is 2.84. The average molecular weight is 288 g/mol. The number of nitrogens with zero attached hydrogens (tertiary/aromatic N) is 2. The van der Waals surface area contributed by atoms with Gasteiger partial charge in [-0.3, -0.25) is 4.79 Å². The number of carbonyl (C=O) groups is 1. The molecule has 3 rings (SSSR count). The van der Waals surface area contributed by atoms with Crippen LogP contribution in [0.25, 0.3) is 0 Å². The third-order valence-corrected chi connectivity index (χ3v) is 3.90. The van der Waals surface area contributed by atoms with Gasteiger partial charge in [0.2, 0.25) is 0 Å². The zero-order valence-electron chi connectivity index (χ0n) is 11.1. The van der Waals surface area contributed by atoms with E-state index in [1.807, 2.05) is 25.1 Å². The number of amides is 1. The highest BCUT2D eigenvalue weighted by Gasteiger charge is 2.26. The molecule has 1 aromatic heterocycles. The Morgan fingerprint density at radius 3 is 2.90 bits per heavy atom. The van der Waals surface area contributed by atoms with Crippen LogP contribution in [0.15, 0.2) is 30.3 Å². The highest BCUT2D eigenvalue weighted by molar-refractivity contribution is 6.31. The van der Waals surface area contributed by atoms with Crippen molar-refractivity contribution in [3.8, 4) is 0 Å². The largest absolute Gasteiger partial charge is 0.344 e. The van der Waals surface area contributed by atoms with Crippen LogP contribution in [0.3, 0.4) is 0 Å². The zero-order valence-corrected chi connectivity index (χ0v) is 11.8. The molecule has 0 bridgehead atoms. The fraction of sp³-hybridized carbons (Fsp3) is 0.267. The molecule has 1 aliphatic carbocycles. The van der Waals surface area contributed by atoms with Crippen molar-refractivity contribution < 1.29 is 4.79 Å². The number of halogens is 1. The van der Waals surface area contributed by atoms with Crippen LogP contribution in [-0.2, 0) is 6.42 Å². The molecule has 0 aliphatic heterocycles. The number of fused-ring (bicyclic) bond motifs is 1. The molecule has 0 saturated heterocycles. The Morgan fingerprint density at radius 1 is 1.30 bits per heavy atom. The smallest absolute Gasteiger partial charge is 0.272 e. The molecule has 1 aliphatic rings. The molecular weight excluding hydrogens is 274 g/mol. The maximum absolute atomic E-state index is 12.2. The summed E-state index contributed by atoms with van der Waals surface area (Å²) in [7, 11) is 0. The molecule has 1 aromatic carbocycles. The van der Waals surface area contributed by atoms with Crippen molar-refractivity contribution in [3.05, 3.63) is 57.9 Å². The molecule has 4 nitrogen and oxygen atoms in total. The van der Waals surface area contributed by atoms with E-state index >= 15 is 0 Å². The van der Waals surface area contributed by atoms with Crippen LogP contribution in [0.1, 0.15) is 39.8 Å². The van der Waals surface area contributed by atoms with Gasteiger partial charge in [0.05, 0.1) is 11.7 Å². The lowest BCUT2D eigenvalue weighted by Gasteiger charge is -2.13. The first-order chi connectivity index (χ1) is 9.65. The highest BCUT2D eigenvalue weighted by atomic mass is 35.5. The van der Waals surface area contributed by atoms with Crippen molar-refractivity contribution in [1.82, 2.24) is 15.5 Å². The van der Waals surface area contributed by atoms with Gasteiger partial charge in [0.1, 0.15) is 0 Å². The number of hydrogen-bond donors (Lipinski definition) is 1. The number of hydrogen-bond acceptors (Lipinski definition) is 3. The summed E-state index contributed by atoms with van der Waals surface area (Å²) in [6.45, 7) is 1.84. The summed E-state index contributed by atoms with van der Waals surface area (Å²) in [5.41, 5.74) is 3.37. The molecule has 20 heavy (non-hydrogen) atoms. The first-order valence-electron chi connectivity index (χ1n) is 6.53. The minimum absolute atomic E-state index is 0.000645. The van der Waals surface area contributed by atoms with E-state index in [9.17, 15) is 4.79 Å². The van der Waals surface area contributed by atoms with Crippen molar-refractivity contribution >= 4 is 17.5 Å². The molecule has 5 heteroatoms. The van der Waals surface area contributed by atoms with Gasteiger partial charge >= 0.3 is 0 Å². The maximum atomic E-state index is 12.2. The second kappa shape index (κ2) is 5.21. The molecule has 0 fully saturated rings. The van der Waals surface area contributed by atoms with Crippen LogP contribution in [0.5, 0.6) is 0 Å². The van der Waals surface area contributed by atoms with E-state index < -0.39 is 0 Å². The van der Waals surface area contributed by atoms with E-state index in [1.54, 1.807) is 12.1 Å². The molecule has 2 aromatic rings. The third kappa shape index (κ3) is 2.39. The summed E-state index contributed by atoms with van der Waals surface area (Å²) in [5, 5.41) is 11.6. The molecule has 1 heterocycles. The first kappa shape index (κ1) is 13.1. The van der Waals surface area contributed by atoms with Crippen LogP contribution in [0.2, 0.25) is 5.02 Å². The van der Waals surface area contributed by atoms with Crippen LogP contribution >= 0.6 is 11.6 Å². The van der Waals surface area contributed by atoms with Gasteiger partial charge in [-0.05, 0) is 49.1 Å². The number of aryl methyl sites for hydroxylation is 1. The van der Waals surface area contributed by atoms with Crippen LogP contribution in [-0.4, -0.2) is 16.1 Å². The maximum Gasteiger partial charge on any atom is 0.272 e. The highest BCUT2D eigenvalue weighted by Crippen LogP contribution is 2.35. The Hall–Kier alpha value is -1.94. The standard InChI is InChI=1S/C15H14ClN3O/c1-9-5-7-14(19-18-9)15(20)17-13-8-6-10-11(13)3-2-4-12(10)16/h2-5,7,13H,6,8H2,1H3,(H,17,20). The molecule has 1 unspecified atom stereocenters. The molecule has 1 atom stereocenters. The molecule has 0 saturated carbocycles. The predicted octanol–water partition coefficient (Wildman–Crippen LogP) is 2.86. The summed E-state index contributed by atoms with van der Waals surface area (Å²) in [4.78, 5) is 12.2. The normalized spacial score (nSPS) is 16.8. The fourth-order valence-corrected chi connectivity index (χ4v) is 2.79. The van der Waals surface area contributed by atoms with Crippen molar-refractivity contribution in [3.63, 3.8) is 0 Å². The fourth-order valence-electron chi connectivity index (χ4n) is 2.51. The van der Waals surface area contributed by atoms with Gasteiger partial charge in [-0.1, -0.05) is 23.7 Å². The molecule has 0 radical (unpaired) electrons. The SMILES string of the molecule is Cc1ccc(C(=O)NC2CCc3c(Cl)cccc32)nn1. The summed E-state index contributed by atoms with van der Waals surface area (Å²) < 4.78 is 0. The van der Waals surface area contributed by atoms with Crippen molar-refractivity contribution in [1.29, 1.82) is 0 Å². The second-order valence-electron chi connectivity index (χ2n) is 4.93. The number of benzene rings is 1. The minimum Gasteiger partial charge on any atom is -0.344 e. The Labute approximate surface area is 122 Å². The predicted molar refractivity (Wildman–Crippen MR) is 76.7 cm³/mol. The Morgan fingerprint density at radius 2 is 2.15 bits per heavy atom. The lowest BCUT2D eigenvalue weighted by atomic mass is 10.1. The number of rotatable bonds is 2. The summed E-state index contributed by atoms with van der Waals surface area (Å²) in [6, 6.07) is 9.28. The van der Waals surface area contributed by atoms with Gasteiger partial charge in [0, 0.05) is 5.02 Å². The van der Waals surface area contributed by atoms with E-state index in [0.29, 0.717) is 5.69 Å². The first-order valence-corrected chi connectivity index (χ1v) is 6.91. The summed E-state index contributed by atoms with van der Waals surface area (Å²) in [5.74, 6) is -0.199. The molecule has 1 amide bonds. The summed E-state index contributed by atoms with van der Waals surface area (Å²) in [6.07, 6.45) is 1.75. The Balaban J connectivity index is 1.79. The van der Waals surface area contributed by atoms with E-state index in [4.69, 9.17) is 11.6 Å². The zero-order chi connectivity index (χ0) is 14.1. The topological polar surface area (TPSA) is 54.9 Å². The van der Waals surface area contributed by atoms with E-state index in [2.05, 4.69) is 15.5 Å². The van der Waals surface area contributed by atoms with Crippen LogP contribution in [0.4, 0.5) is 0 Å². The molecule has 102 valence electrons. The monoisotopic (exact) mass is 287 g/mol. The van der Waals surface area contributed by atoms with Gasteiger partial charge in [-0.2, -0.15) is 5.10 Å². The number of nitrogens with one attached hydrogen (secondary N) is 1. The van der Waals surface area contributed by atoms with Crippen molar-refractivity contribution in [2.45, 2.75) is 25.8 Å². The van der Waals surface area contributed by atoms with Crippen molar-refractivity contribution in [2.75, 3.05) is 0 Å². The Bertz CT molecular complexity index is 655. The lowest BCUT2D eigenvalue weighted by molar-refractivity contribution is 0.0930. The summed E-state index contributed by atoms with van der Waals surface area (Å²) >= 11 is 6.17. The second-order valence-corrected chi connectivity index (χ2v) is 5.34. The van der Waals surface area contributed by atoms with Gasteiger partial charge in [-0.15, -0.1) is 5.10 Å². The quantitative estimate of drug-likeness (QED) is 0.924. The van der Waals surface area contributed by atoms with Gasteiger partial charge in [0.15, 0.2) is 5.69 Å². The molecule has 0 spiro atoms. The Kier molecular flexibility index (Phi) is 3.40. The lowest BCUT2D eigenvalue weighted by Crippen LogP contribution is -2.28. The third-order valence-electron chi connectivity index (χ3n) is 3.55. The van der Waals surface area contributed by atoms with Crippen LogP contribution in [0, 0.1) is 6.92 Å². The van der Waals surface area contributed by atoms with Gasteiger partial charge in [-0.25, -0.2) is 0 Å². The number of aromatic nitrogens is 2. The van der Waals surface area contributed by atoms with E-state index in [-0.39, 0.29) is 11.9 Å². The van der Waals surface area contributed by atoms with E-state index in [1.165, 1.54) is 0 Å². The van der Waals surface area contributed by atoms with Gasteiger partial charge < -0.3 is 5.32 Å². The molecular formula is C15H14ClN3O. The van der Waals surface area contributed by atoms with E-state index in [0.717, 1.165) is 34.7 Å². The number of carbonyl (C=O) groups excluding carboxylic acids is 1. The minimum atomic E-state index is -0.199. The van der Waals surface area contributed by atoms with Crippen LogP contribution < -0.4 is 5.32 Å². The van der Waals surface area contributed by atoms with Crippen molar-refractivity contribution in [2.24, 2.45) is 0 Å². The molecule has 1 N–H and O–H groups in total. The van der Waals surface area contributed by atoms with Gasteiger partial charge in [0.25, 0.3) is 5.91 Å².